The number of aliphatic hydroxyl groups is 1. The summed E-state index contributed by atoms with van der Waals surface area (Å²) in [6.45, 7) is 11.7. The van der Waals surface area contributed by atoms with E-state index in [1.54, 1.807) is 0 Å². The number of ether oxygens (including phenoxy) is 1. The number of rotatable bonds is 5. The van der Waals surface area contributed by atoms with Gasteiger partial charge in [-0.05, 0) is 31.1 Å². The van der Waals surface area contributed by atoms with Crippen molar-refractivity contribution in [2.45, 2.75) is 46.1 Å². The van der Waals surface area contributed by atoms with Gasteiger partial charge in [0.2, 0.25) is 0 Å². The maximum atomic E-state index is 10.1. The van der Waals surface area contributed by atoms with Crippen LogP contribution in [0.25, 0.3) is 0 Å². The second kappa shape index (κ2) is 5.48. The third-order valence-corrected chi connectivity index (χ3v) is 3.98. The fourth-order valence-electron chi connectivity index (χ4n) is 1.86. The van der Waals surface area contributed by atoms with E-state index >= 15 is 0 Å². The summed E-state index contributed by atoms with van der Waals surface area (Å²) in [7, 11) is 0. The Morgan fingerprint density at radius 1 is 1.38 bits per heavy atom. The van der Waals surface area contributed by atoms with E-state index in [1.165, 1.54) is 0 Å². The first-order chi connectivity index (χ1) is 7.36. The van der Waals surface area contributed by atoms with Crippen molar-refractivity contribution in [3.8, 4) is 0 Å². The van der Waals surface area contributed by atoms with Gasteiger partial charge < -0.3 is 15.2 Å². The molecular weight excluding hydrogens is 202 g/mol. The van der Waals surface area contributed by atoms with E-state index in [0.717, 1.165) is 32.6 Å². The Kier molecular flexibility index (Phi) is 4.77. The molecule has 3 heteroatoms. The summed E-state index contributed by atoms with van der Waals surface area (Å²) >= 11 is 0. The molecule has 3 nitrogen and oxygen atoms in total. The predicted octanol–water partition coefficient (Wildman–Crippen LogP) is 1.80. The molecule has 16 heavy (non-hydrogen) atoms. The summed E-state index contributed by atoms with van der Waals surface area (Å²) in [5, 5.41) is 13.5. The zero-order valence-electron chi connectivity index (χ0n) is 11.2. The van der Waals surface area contributed by atoms with Crippen LogP contribution in [0.3, 0.4) is 0 Å². The van der Waals surface area contributed by atoms with Gasteiger partial charge in [0, 0.05) is 26.3 Å². The van der Waals surface area contributed by atoms with E-state index in [0.29, 0.717) is 12.0 Å². The van der Waals surface area contributed by atoms with Gasteiger partial charge in [-0.25, -0.2) is 0 Å². The second-order valence-electron chi connectivity index (χ2n) is 6.04. The summed E-state index contributed by atoms with van der Waals surface area (Å²) < 4.78 is 5.37. The van der Waals surface area contributed by atoms with Crippen molar-refractivity contribution in [3.05, 3.63) is 0 Å². The lowest BCUT2D eigenvalue weighted by molar-refractivity contribution is 0.000893. The van der Waals surface area contributed by atoms with Gasteiger partial charge in [-0.15, -0.1) is 0 Å². The summed E-state index contributed by atoms with van der Waals surface area (Å²) in [6.07, 6.45) is 2.23. The van der Waals surface area contributed by atoms with Crippen LogP contribution in [0.15, 0.2) is 0 Å². The van der Waals surface area contributed by atoms with Gasteiger partial charge >= 0.3 is 0 Å². The number of nitrogens with one attached hydrogen (secondary N) is 1. The largest absolute Gasteiger partial charge is 0.389 e. The first kappa shape index (κ1) is 13.9. The lowest BCUT2D eigenvalue weighted by Crippen LogP contribution is -2.46. The first-order valence-electron chi connectivity index (χ1n) is 6.37. The molecule has 0 saturated carbocycles. The minimum absolute atomic E-state index is 0.280. The van der Waals surface area contributed by atoms with Crippen LogP contribution in [0.1, 0.15) is 40.5 Å². The Hall–Kier alpha value is -0.120. The molecule has 0 spiro atoms. The Labute approximate surface area is 99.6 Å². The monoisotopic (exact) mass is 229 g/mol. The molecule has 1 heterocycles. The lowest BCUT2D eigenvalue weighted by Gasteiger charge is -2.35. The van der Waals surface area contributed by atoms with E-state index in [-0.39, 0.29) is 5.92 Å². The molecule has 0 aromatic rings. The van der Waals surface area contributed by atoms with Gasteiger partial charge in [-0.3, -0.25) is 0 Å². The van der Waals surface area contributed by atoms with E-state index in [9.17, 15) is 5.11 Å². The average Bonchev–Trinajstić information content (AvgIpc) is 2.17. The minimum atomic E-state index is -0.610. The van der Waals surface area contributed by atoms with Crippen LogP contribution >= 0.6 is 0 Å². The SMILES string of the molecule is CC(C)C(C)(O)CNCC1(C)CCOCC1. The highest BCUT2D eigenvalue weighted by Crippen LogP contribution is 2.28. The van der Waals surface area contributed by atoms with E-state index < -0.39 is 5.60 Å². The average molecular weight is 229 g/mol. The van der Waals surface area contributed by atoms with Crippen LogP contribution in [0.2, 0.25) is 0 Å². The lowest BCUT2D eigenvalue weighted by atomic mass is 9.82. The molecule has 0 radical (unpaired) electrons. The van der Waals surface area contributed by atoms with Crippen LogP contribution in [0.5, 0.6) is 0 Å². The highest BCUT2D eigenvalue weighted by Gasteiger charge is 2.29. The van der Waals surface area contributed by atoms with Crippen LogP contribution in [-0.2, 0) is 4.74 Å². The van der Waals surface area contributed by atoms with Crippen molar-refractivity contribution in [1.29, 1.82) is 0 Å². The van der Waals surface area contributed by atoms with Crippen molar-refractivity contribution in [3.63, 3.8) is 0 Å². The van der Waals surface area contributed by atoms with Crippen molar-refractivity contribution in [2.24, 2.45) is 11.3 Å². The highest BCUT2D eigenvalue weighted by atomic mass is 16.5. The third-order valence-electron chi connectivity index (χ3n) is 3.98. The van der Waals surface area contributed by atoms with Gasteiger partial charge in [0.25, 0.3) is 0 Å². The number of hydrogen-bond acceptors (Lipinski definition) is 3. The molecule has 0 aliphatic carbocycles. The molecule has 96 valence electrons. The van der Waals surface area contributed by atoms with Gasteiger partial charge in [-0.1, -0.05) is 20.8 Å². The standard InChI is InChI=1S/C13H27NO2/c1-11(2)13(4,15)10-14-9-12(3)5-7-16-8-6-12/h11,14-15H,5-10H2,1-4H3. The van der Waals surface area contributed by atoms with Crippen molar-refractivity contribution in [2.75, 3.05) is 26.3 Å². The zero-order chi connectivity index (χ0) is 12.2. The fourth-order valence-corrected chi connectivity index (χ4v) is 1.86. The molecule has 0 aromatic heterocycles. The molecule has 2 N–H and O–H groups in total. The molecule has 1 rings (SSSR count). The Balaban J connectivity index is 2.29. The first-order valence-corrected chi connectivity index (χ1v) is 6.37. The van der Waals surface area contributed by atoms with Crippen LogP contribution in [-0.4, -0.2) is 37.0 Å². The molecule has 1 fully saturated rings. The van der Waals surface area contributed by atoms with Crippen molar-refractivity contribution < 1.29 is 9.84 Å². The van der Waals surface area contributed by atoms with Crippen molar-refractivity contribution >= 4 is 0 Å². The molecular formula is C13H27NO2. The normalized spacial score (nSPS) is 24.4. The predicted molar refractivity (Wildman–Crippen MR) is 66.5 cm³/mol. The summed E-state index contributed by atoms with van der Waals surface area (Å²) in [5.41, 5.74) is -0.271. The van der Waals surface area contributed by atoms with Gasteiger partial charge in [0.15, 0.2) is 0 Å². The molecule has 1 aliphatic rings. The van der Waals surface area contributed by atoms with Crippen LogP contribution in [0, 0.1) is 11.3 Å². The second-order valence-corrected chi connectivity index (χ2v) is 6.04. The van der Waals surface area contributed by atoms with Gasteiger partial charge in [-0.2, -0.15) is 0 Å². The maximum Gasteiger partial charge on any atom is 0.0766 e. The molecule has 0 aromatic carbocycles. The van der Waals surface area contributed by atoms with Gasteiger partial charge in [0.1, 0.15) is 0 Å². The Bertz CT molecular complexity index is 208. The number of hydrogen-bond donors (Lipinski definition) is 2. The molecule has 1 unspecified atom stereocenters. The van der Waals surface area contributed by atoms with Crippen LogP contribution < -0.4 is 5.32 Å². The molecule has 0 amide bonds. The van der Waals surface area contributed by atoms with E-state index in [4.69, 9.17) is 4.74 Å². The topological polar surface area (TPSA) is 41.5 Å². The summed E-state index contributed by atoms with van der Waals surface area (Å²) in [6, 6.07) is 0. The molecule has 1 atom stereocenters. The van der Waals surface area contributed by atoms with Crippen molar-refractivity contribution in [1.82, 2.24) is 5.32 Å². The summed E-state index contributed by atoms with van der Waals surface area (Å²) in [4.78, 5) is 0. The molecule has 1 saturated heterocycles. The molecule has 1 aliphatic heterocycles. The summed E-state index contributed by atoms with van der Waals surface area (Å²) in [5.74, 6) is 0.280. The Morgan fingerprint density at radius 3 is 2.44 bits per heavy atom. The van der Waals surface area contributed by atoms with E-state index in [2.05, 4.69) is 26.1 Å². The quantitative estimate of drug-likeness (QED) is 0.755. The fraction of sp³-hybridized carbons (Fsp3) is 1.00. The smallest absolute Gasteiger partial charge is 0.0766 e. The molecule has 0 bridgehead atoms. The minimum Gasteiger partial charge on any atom is -0.389 e. The highest BCUT2D eigenvalue weighted by molar-refractivity contribution is 4.83. The maximum absolute atomic E-state index is 10.1. The third kappa shape index (κ3) is 4.04. The van der Waals surface area contributed by atoms with E-state index in [1.807, 2.05) is 6.92 Å². The Morgan fingerprint density at radius 2 is 1.94 bits per heavy atom. The zero-order valence-corrected chi connectivity index (χ0v) is 11.2. The van der Waals surface area contributed by atoms with Gasteiger partial charge in [0.05, 0.1) is 5.60 Å². The van der Waals surface area contributed by atoms with Crippen LogP contribution in [0.4, 0.5) is 0 Å².